The predicted octanol–water partition coefficient (Wildman–Crippen LogP) is 4.53. The number of benzene rings is 3. The van der Waals surface area contributed by atoms with E-state index in [0.717, 1.165) is 11.4 Å². The molecule has 0 atom stereocenters. The molecule has 0 saturated heterocycles. The fourth-order valence-electron chi connectivity index (χ4n) is 1.66. The zero-order valence-corrected chi connectivity index (χ0v) is 11.5. The van der Waals surface area contributed by atoms with Crippen LogP contribution in [0.3, 0.4) is 0 Å². The van der Waals surface area contributed by atoms with E-state index in [0.29, 0.717) is 0 Å². The van der Waals surface area contributed by atoms with E-state index in [1.165, 1.54) is 24.3 Å². The van der Waals surface area contributed by atoms with Gasteiger partial charge in [0.1, 0.15) is 11.5 Å². The van der Waals surface area contributed by atoms with Crippen LogP contribution in [0.2, 0.25) is 0 Å². The second-order valence-electron chi connectivity index (χ2n) is 4.37. The standard InChI is InChI=1S/C12H11N.C6H6O2/c1-3-7-11(8-4-1)13-12-9-5-2-6-10-12;7-5-1-2-6(8)4-3-5/h1-10,13H;1-4,7-8H. The maximum atomic E-state index is 8.65. The molecule has 0 aromatic heterocycles. The molecule has 0 spiro atoms. The molecule has 3 aromatic rings. The topological polar surface area (TPSA) is 52.5 Å². The Hall–Kier alpha value is -2.94. The SMILES string of the molecule is Oc1ccc(O)cc1.c1ccc(Nc2ccccc2)cc1. The highest BCUT2D eigenvalue weighted by molar-refractivity contribution is 5.58. The average molecular weight is 279 g/mol. The third-order valence-electron chi connectivity index (χ3n) is 2.69. The molecule has 3 rings (SSSR count). The van der Waals surface area contributed by atoms with Gasteiger partial charge in [-0.05, 0) is 48.5 Å². The molecule has 3 nitrogen and oxygen atoms in total. The number of rotatable bonds is 2. The van der Waals surface area contributed by atoms with Gasteiger partial charge in [-0.2, -0.15) is 0 Å². The highest BCUT2D eigenvalue weighted by Crippen LogP contribution is 2.14. The molecule has 0 unspecified atom stereocenters. The van der Waals surface area contributed by atoms with E-state index in [-0.39, 0.29) is 11.5 Å². The number of hydrogen-bond donors (Lipinski definition) is 3. The van der Waals surface area contributed by atoms with Gasteiger partial charge in [-0.25, -0.2) is 0 Å². The van der Waals surface area contributed by atoms with Crippen molar-refractivity contribution in [1.29, 1.82) is 0 Å². The van der Waals surface area contributed by atoms with Crippen LogP contribution in [0, 0.1) is 0 Å². The smallest absolute Gasteiger partial charge is 0.115 e. The molecular weight excluding hydrogens is 262 g/mol. The Morgan fingerprint density at radius 3 is 1.14 bits per heavy atom. The number of hydrogen-bond acceptors (Lipinski definition) is 3. The quantitative estimate of drug-likeness (QED) is 0.604. The van der Waals surface area contributed by atoms with Gasteiger partial charge in [-0.15, -0.1) is 0 Å². The van der Waals surface area contributed by atoms with Gasteiger partial charge in [0, 0.05) is 11.4 Å². The van der Waals surface area contributed by atoms with Gasteiger partial charge in [-0.3, -0.25) is 0 Å². The molecule has 0 bridgehead atoms. The van der Waals surface area contributed by atoms with E-state index in [1.54, 1.807) is 0 Å². The van der Waals surface area contributed by atoms with Gasteiger partial charge in [-0.1, -0.05) is 36.4 Å². The van der Waals surface area contributed by atoms with Crippen molar-refractivity contribution in [2.24, 2.45) is 0 Å². The van der Waals surface area contributed by atoms with Crippen LogP contribution in [0.15, 0.2) is 84.9 Å². The lowest BCUT2D eigenvalue weighted by atomic mass is 10.3. The Morgan fingerprint density at radius 1 is 0.476 bits per heavy atom. The van der Waals surface area contributed by atoms with Crippen molar-refractivity contribution in [2.45, 2.75) is 0 Å². The monoisotopic (exact) mass is 279 g/mol. The van der Waals surface area contributed by atoms with Gasteiger partial charge >= 0.3 is 0 Å². The summed E-state index contributed by atoms with van der Waals surface area (Å²) in [5.41, 5.74) is 2.24. The predicted molar refractivity (Wildman–Crippen MR) is 85.9 cm³/mol. The zero-order valence-electron chi connectivity index (χ0n) is 11.5. The molecule has 21 heavy (non-hydrogen) atoms. The molecule has 0 fully saturated rings. The van der Waals surface area contributed by atoms with E-state index in [1.807, 2.05) is 60.7 Å². The van der Waals surface area contributed by atoms with Crippen molar-refractivity contribution in [2.75, 3.05) is 5.32 Å². The Kier molecular flexibility index (Phi) is 5.24. The van der Waals surface area contributed by atoms with Crippen LogP contribution in [0.5, 0.6) is 11.5 Å². The van der Waals surface area contributed by atoms with Gasteiger partial charge in [0.25, 0.3) is 0 Å². The van der Waals surface area contributed by atoms with Crippen LogP contribution < -0.4 is 5.32 Å². The molecular formula is C18H17NO2. The second kappa shape index (κ2) is 7.60. The van der Waals surface area contributed by atoms with E-state index in [2.05, 4.69) is 5.32 Å². The fourth-order valence-corrected chi connectivity index (χ4v) is 1.66. The Morgan fingerprint density at radius 2 is 0.810 bits per heavy atom. The largest absolute Gasteiger partial charge is 0.508 e. The molecule has 3 N–H and O–H groups in total. The van der Waals surface area contributed by atoms with E-state index in [4.69, 9.17) is 10.2 Å². The average Bonchev–Trinajstić information content (AvgIpc) is 2.53. The minimum Gasteiger partial charge on any atom is -0.508 e. The lowest BCUT2D eigenvalue weighted by Gasteiger charge is -2.04. The first-order valence-corrected chi connectivity index (χ1v) is 6.59. The van der Waals surface area contributed by atoms with Crippen molar-refractivity contribution >= 4 is 11.4 Å². The summed E-state index contributed by atoms with van der Waals surface area (Å²) in [7, 11) is 0. The molecule has 3 heteroatoms. The maximum Gasteiger partial charge on any atom is 0.115 e. The van der Waals surface area contributed by atoms with Crippen molar-refractivity contribution < 1.29 is 10.2 Å². The van der Waals surface area contributed by atoms with Crippen molar-refractivity contribution in [3.05, 3.63) is 84.9 Å². The van der Waals surface area contributed by atoms with Crippen LogP contribution in [0.1, 0.15) is 0 Å². The van der Waals surface area contributed by atoms with Gasteiger partial charge in [0.15, 0.2) is 0 Å². The van der Waals surface area contributed by atoms with Gasteiger partial charge in [0.2, 0.25) is 0 Å². The summed E-state index contributed by atoms with van der Waals surface area (Å²) in [6, 6.07) is 26.0. The number of para-hydroxylation sites is 2. The summed E-state index contributed by atoms with van der Waals surface area (Å²) in [5.74, 6) is 0.339. The molecule has 0 radical (unpaired) electrons. The van der Waals surface area contributed by atoms with Crippen molar-refractivity contribution in [3.8, 4) is 11.5 Å². The van der Waals surface area contributed by atoms with Crippen LogP contribution >= 0.6 is 0 Å². The molecule has 0 aliphatic heterocycles. The molecule has 0 aliphatic carbocycles. The molecule has 0 aliphatic rings. The number of phenols is 2. The van der Waals surface area contributed by atoms with Crippen LogP contribution in [-0.2, 0) is 0 Å². The first kappa shape index (κ1) is 14.5. The Bertz CT molecular complexity index is 579. The Balaban J connectivity index is 0.000000173. The minimum absolute atomic E-state index is 0.169. The normalized spacial score (nSPS) is 9.33. The van der Waals surface area contributed by atoms with Crippen LogP contribution in [-0.4, -0.2) is 10.2 Å². The Labute approximate surface area is 124 Å². The van der Waals surface area contributed by atoms with Gasteiger partial charge < -0.3 is 15.5 Å². The highest BCUT2D eigenvalue weighted by Gasteiger charge is 1.90. The maximum absolute atomic E-state index is 8.65. The number of phenolic OH excluding ortho intramolecular Hbond substituents is 2. The van der Waals surface area contributed by atoms with E-state index < -0.39 is 0 Å². The second-order valence-corrected chi connectivity index (χ2v) is 4.37. The third kappa shape index (κ3) is 5.28. The summed E-state index contributed by atoms with van der Waals surface area (Å²) in [5, 5.41) is 20.6. The summed E-state index contributed by atoms with van der Waals surface area (Å²) >= 11 is 0. The summed E-state index contributed by atoms with van der Waals surface area (Å²) in [4.78, 5) is 0. The zero-order chi connectivity index (χ0) is 14.9. The lowest BCUT2D eigenvalue weighted by molar-refractivity contribution is 0.460. The van der Waals surface area contributed by atoms with Crippen LogP contribution in [0.25, 0.3) is 0 Å². The number of nitrogens with one attached hydrogen (secondary N) is 1. The summed E-state index contributed by atoms with van der Waals surface area (Å²) in [6.45, 7) is 0. The van der Waals surface area contributed by atoms with Crippen LogP contribution in [0.4, 0.5) is 11.4 Å². The van der Waals surface area contributed by atoms with E-state index >= 15 is 0 Å². The summed E-state index contributed by atoms with van der Waals surface area (Å²) < 4.78 is 0. The first-order chi connectivity index (χ1) is 10.2. The molecule has 0 amide bonds. The van der Waals surface area contributed by atoms with Crippen molar-refractivity contribution in [3.63, 3.8) is 0 Å². The number of anilines is 2. The summed E-state index contributed by atoms with van der Waals surface area (Å²) in [6.07, 6.45) is 0. The first-order valence-electron chi connectivity index (χ1n) is 6.59. The molecule has 106 valence electrons. The molecule has 0 saturated carbocycles. The highest BCUT2D eigenvalue weighted by atomic mass is 16.3. The molecule has 3 aromatic carbocycles. The minimum atomic E-state index is 0.169. The molecule has 0 heterocycles. The van der Waals surface area contributed by atoms with Crippen molar-refractivity contribution in [1.82, 2.24) is 0 Å². The number of aromatic hydroxyl groups is 2. The van der Waals surface area contributed by atoms with Gasteiger partial charge in [0.05, 0.1) is 0 Å². The lowest BCUT2D eigenvalue weighted by Crippen LogP contribution is -1.87. The third-order valence-corrected chi connectivity index (χ3v) is 2.69. The fraction of sp³-hybridized carbons (Fsp3) is 0. The van der Waals surface area contributed by atoms with E-state index in [9.17, 15) is 0 Å².